The molecule has 72 valence electrons. The first-order valence-electron chi connectivity index (χ1n) is 4.12. The molecule has 0 aliphatic rings. The monoisotopic (exact) mass is 199 g/mol. The van der Waals surface area contributed by atoms with E-state index in [1.54, 1.807) is 24.3 Å². The Labute approximate surface area is 85.0 Å². The van der Waals surface area contributed by atoms with Crippen molar-refractivity contribution < 1.29 is 9.21 Å². The van der Waals surface area contributed by atoms with Crippen LogP contribution in [0, 0.1) is 11.3 Å². The van der Waals surface area contributed by atoms with Crippen LogP contribution < -0.4 is 0 Å². The van der Waals surface area contributed by atoms with Crippen molar-refractivity contribution in [3.63, 3.8) is 0 Å². The molecule has 0 spiro atoms. The Bertz CT molecular complexity index is 540. The second kappa shape index (κ2) is 3.72. The van der Waals surface area contributed by atoms with Gasteiger partial charge in [0.25, 0.3) is 5.89 Å². The smallest absolute Gasteiger partial charge is 0.280 e. The lowest BCUT2D eigenvalue weighted by Crippen LogP contribution is -1.79. The zero-order chi connectivity index (χ0) is 10.7. The average molecular weight is 199 g/mol. The molecule has 0 aliphatic carbocycles. The number of carbonyl (C=O) groups excluding carboxylic acids is 1. The fourth-order valence-corrected chi connectivity index (χ4v) is 1.12. The lowest BCUT2D eigenvalue weighted by molar-refractivity contribution is 0.109. The molecule has 0 saturated heterocycles. The molecule has 0 fully saturated rings. The summed E-state index contributed by atoms with van der Waals surface area (Å²) in [5, 5.41) is 15.9. The van der Waals surface area contributed by atoms with Gasteiger partial charge in [-0.15, -0.1) is 10.2 Å². The average Bonchev–Trinajstić information content (AvgIpc) is 2.78. The summed E-state index contributed by atoms with van der Waals surface area (Å²) in [7, 11) is 0. The number of hydrogen-bond acceptors (Lipinski definition) is 5. The number of carbonyl (C=O) groups is 1. The van der Waals surface area contributed by atoms with Gasteiger partial charge in [-0.05, 0) is 18.2 Å². The van der Waals surface area contributed by atoms with Gasteiger partial charge in [0.05, 0.1) is 11.6 Å². The number of aromatic nitrogens is 2. The van der Waals surface area contributed by atoms with Crippen molar-refractivity contribution in [3.05, 3.63) is 35.7 Å². The van der Waals surface area contributed by atoms with E-state index in [-0.39, 0.29) is 11.8 Å². The third-order valence-corrected chi connectivity index (χ3v) is 1.78. The first-order valence-corrected chi connectivity index (χ1v) is 4.12. The summed E-state index contributed by atoms with van der Waals surface area (Å²) in [5.41, 5.74) is 1.12. The van der Waals surface area contributed by atoms with Crippen LogP contribution in [0.2, 0.25) is 0 Å². The molecule has 2 rings (SSSR count). The molecule has 0 radical (unpaired) electrons. The molecule has 0 saturated carbocycles. The molecule has 1 aromatic heterocycles. The van der Waals surface area contributed by atoms with Crippen molar-refractivity contribution >= 4 is 6.29 Å². The Kier molecular flexibility index (Phi) is 2.25. The van der Waals surface area contributed by atoms with Gasteiger partial charge in [0.2, 0.25) is 12.2 Å². The summed E-state index contributed by atoms with van der Waals surface area (Å²) in [6.45, 7) is 0. The minimum absolute atomic E-state index is 0.0765. The van der Waals surface area contributed by atoms with Gasteiger partial charge in [-0.25, -0.2) is 0 Å². The zero-order valence-corrected chi connectivity index (χ0v) is 7.54. The van der Waals surface area contributed by atoms with E-state index in [9.17, 15) is 4.79 Å². The second-order valence-corrected chi connectivity index (χ2v) is 2.76. The van der Waals surface area contributed by atoms with Gasteiger partial charge >= 0.3 is 0 Å². The molecular formula is C10H5N3O2. The second-order valence-electron chi connectivity index (χ2n) is 2.76. The zero-order valence-electron chi connectivity index (χ0n) is 7.54. The van der Waals surface area contributed by atoms with Crippen molar-refractivity contribution in [2.45, 2.75) is 0 Å². The predicted molar refractivity (Wildman–Crippen MR) is 49.8 cm³/mol. The van der Waals surface area contributed by atoms with E-state index in [4.69, 9.17) is 9.68 Å². The minimum atomic E-state index is -0.0765. The lowest BCUT2D eigenvalue weighted by atomic mass is 10.1. The molecule has 5 nitrogen and oxygen atoms in total. The lowest BCUT2D eigenvalue weighted by Gasteiger charge is -1.93. The molecular weight excluding hydrogens is 194 g/mol. The maximum Gasteiger partial charge on any atom is 0.280 e. The summed E-state index contributed by atoms with van der Waals surface area (Å²) < 4.78 is 5.02. The van der Waals surface area contributed by atoms with Crippen LogP contribution in [0.5, 0.6) is 0 Å². The molecule has 2 aromatic rings. The van der Waals surface area contributed by atoms with Crippen molar-refractivity contribution in [1.82, 2.24) is 10.2 Å². The third kappa shape index (κ3) is 1.74. The van der Waals surface area contributed by atoms with E-state index < -0.39 is 0 Å². The number of rotatable bonds is 2. The van der Waals surface area contributed by atoms with Crippen LogP contribution in [-0.2, 0) is 0 Å². The molecule has 0 bridgehead atoms. The molecule has 0 unspecified atom stereocenters. The van der Waals surface area contributed by atoms with Crippen molar-refractivity contribution in [3.8, 4) is 17.5 Å². The minimum Gasteiger partial charge on any atom is -0.414 e. The number of hydrogen-bond donors (Lipinski definition) is 0. The van der Waals surface area contributed by atoms with Crippen molar-refractivity contribution in [1.29, 1.82) is 5.26 Å². The molecule has 5 heteroatoms. The number of nitriles is 1. The topological polar surface area (TPSA) is 79.8 Å². The summed E-state index contributed by atoms with van der Waals surface area (Å²) in [6.07, 6.45) is 0.477. The van der Waals surface area contributed by atoms with Crippen LogP contribution in [0.15, 0.2) is 28.7 Å². The Morgan fingerprint density at radius 2 is 2.27 bits per heavy atom. The fourth-order valence-electron chi connectivity index (χ4n) is 1.12. The first kappa shape index (κ1) is 9.09. The molecule has 1 aromatic carbocycles. The highest BCUT2D eigenvalue weighted by molar-refractivity contribution is 5.68. The van der Waals surface area contributed by atoms with E-state index >= 15 is 0 Å². The Morgan fingerprint density at radius 3 is 2.93 bits per heavy atom. The fraction of sp³-hybridized carbons (Fsp3) is 0. The number of benzene rings is 1. The maximum absolute atomic E-state index is 10.3. The van der Waals surface area contributed by atoms with Crippen LogP contribution in [0.1, 0.15) is 16.2 Å². The molecule has 1 heterocycles. The molecule has 15 heavy (non-hydrogen) atoms. The quantitative estimate of drug-likeness (QED) is 0.683. The van der Waals surface area contributed by atoms with Gasteiger partial charge in [-0.3, -0.25) is 4.79 Å². The summed E-state index contributed by atoms with van der Waals surface area (Å²) in [4.78, 5) is 10.3. The van der Waals surface area contributed by atoms with Gasteiger partial charge in [-0.2, -0.15) is 5.26 Å². The van der Waals surface area contributed by atoms with Gasteiger partial charge in [-0.1, -0.05) is 6.07 Å². The van der Waals surface area contributed by atoms with Crippen LogP contribution in [-0.4, -0.2) is 16.5 Å². The van der Waals surface area contributed by atoms with Gasteiger partial charge in [0.1, 0.15) is 0 Å². The highest BCUT2D eigenvalue weighted by atomic mass is 16.4. The predicted octanol–water partition coefficient (Wildman–Crippen LogP) is 1.42. The van der Waals surface area contributed by atoms with Crippen LogP contribution >= 0.6 is 0 Å². The van der Waals surface area contributed by atoms with Gasteiger partial charge in [0, 0.05) is 5.56 Å². The van der Waals surface area contributed by atoms with Crippen LogP contribution in [0.3, 0.4) is 0 Å². The van der Waals surface area contributed by atoms with Crippen molar-refractivity contribution in [2.24, 2.45) is 0 Å². The van der Waals surface area contributed by atoms with E-state index in [0.29, 0.717) is 17.4 Å². The van der Waals surface area contributed by atoms with E-state index in [0.717, 1.165) is 0 Å². The van der Waals surface area contributed by atoms with Crippen LogP contribution in [0.25, 0.3) is 11.5 Å². The van der Waals surface area contributed by atoms with Gasteiger partial charge < -0.3 is 4.42 Å². The Morgan fingerprint density at radius 1 is 1.40 bits per heavy atom. The highest BCUT2D eigenvalue weighted by Crippen LogP contribution is 2.18. The van der Waals surface area contributed by atoms with E-state index in [1.807, 2.05) is 6.07 Å². The summed E-state index contributed by atoms with van der Waals surface area (Å²) in [6, 6.07) is 8.71. The Balaban J connectivity index is 2.45. The highest BCUT2D eigenvalue weighted by Gasteiger charge is 2.07. The maximum atomic E-state index is 10.3. The van der Waals surface area contributed by atoms with E-state index in [1.165, 1.54) is 0 Å². The summed E-state index contributed by atoms with van der Waals surface area (Å²) >= 11 is 0. The molecule has 0 atom stereocenters. The molecule has 0 N–H and O–H groups in total. The van der Waals surface area contributed by atoms with Gasteiger partial charge in [0.15, 0.2) is 0 Å². The SMILES string of the molecule is N#Cc1cccc(-c2nnc(C=O)o2)c1. The number of nitrogens with zero attached hydrogens (tertiary/aromatic N) is 3. The standard InChI is InChI=1S/C10H5N3O2/c11-5-7-2-1-3-8(4-7)10-13-12-9(6-14)15-10/h1-4,6H. The molecule has 0 aliphatic heterocycles. The normalized spacial score (nSPS) is 9.53. The van der Waals surface area contributed by atoms with Crippen LogP contribution in [0.4, 0.5) is 0 Å². The Hall–Kier alpha value is -2.48. The molecule has 0 amide bonds. The van der Waals surface area contributed by atoms with Crippen molar-refractivity contribution in [2.75, 3.05) is 0 Å². The van der Waals surface area contributed by atoms with E-state index in [2.05, 4.69) is 10.2 Å². The third-order valence-electron chi connectivity index (χ3n) is 1.78. The largest absolute Gasteiger partial charge is 0.414 e. The summed E-state index contributed by atoms with van der Waals surface area (Å²) in [5.74, 6) is 0.154. The first-order chi connectivity index (χ1) is 7.33. The number of aldehydes is 1.